The lowest BCUT2D eigenvalue weighted by atomic mass is 10.0. The Labute approximate surface area is 141 Å². The fraction of sp³-hybridized carbons (Fsp3) is 0.421. The molecule has 24 heavy (non-hydrogen) atoms. The quantitative estimate of drug-likeness (QED) is 0.804. The highest BCUT2D eigenvalue weighted by molar-refractivity contribution is 5.80. The Morgan fingerprint density at radius 3 is 2.62 bits per heavy atom. The Morgan fingerprint density at radius 2 is 1.88 bits per heavy atom. The zero-order valence-electron chi connectivity index (χ0n) is 14.3. The topological polar surface area (TPSA) is 43.8 Å². The van der Waals surface area contributed by atoms with Crippen molar-refractivity contribution < 1.29 is 0 Å². The van der Waals surface area contributed by atoms with Crippen molar-refractivity contribution in [1.82, 2.24) is 19.2 Å². The molecule has 1 aromatic carbocycles. The molecule has 0 aliphatic carbocycles. The van der Waals surface area contributed by atoms with Crippen LogP contribution >= 0.6 is 0 Å². The Hall–Kier alpha value is -2.11. The largest absolute Gasteiger partial charge is 0.308 e. The number of para-hydroxylation sites is 1. The van der Waals surface area contributed by atoms with Crippen LogP contribution in [0.2, 0.25) is 0 Å². The Morgan fingerprint density at radius 1 is 1.12 bits per heavy atom. The van der Waals surface area contributed by atoms with Gasteiger partial charge in [0.25, 0.3) is 5.56 Å². The SMILES string of the molecule is CN(C)C1CCN(Cc2ccc3[nH]c(=O)c4ccccc4n23)CC1. The zero-order valence-corrected chi connectivity index (χ0v) is 14.3. The number of hydrogen-bond acceptors (Lipinski definition) is 3. The third-order valence-electron chi connectivity index (χ3n) is 5.27. The molecule has 1 aliphatic rings. The van der Waals surface area contributed by atoms with Crippen molar-refractivity contribution >= 4 is 16.6 Å². The lowest BCUT2D eigenvalue weighted by Gasteiger charge is -2.35. The molecule has 0 spiro atoms. The summed E-state index contributed by atoms with van der Waals surface area (Å²) in [7, 11) is 4.34. The van der Waals surface area contributed by atoms with Crippen LogP contribution in [0.3, 0.4) is 0 Å². The second-order valence-corrected chi connectivity index (χ2v) is 6.99. The number of H-pyrrole nitrogens is 1. The van der Waals surface area contributed by atoms with Crippen LogP contribution in [-0.2, 0) is 6.54 Å². The van der Waals surface area contributed by atoms with E-state index in [-0.39, 0.29) is 5.56 Å². The van der Waals surface area contributed by atoms with Gasteiger partial charge in [-0.1, -0.05) is 12.1 Å². The smallest absolute Gasteiger partial charge is 0.258 e. The molecule has 1 N–H and O–H groups in total. The first-order valence-electron chi connectivity index (χ1n) is 8.63. The Balaban J connectivity index is 1.66. The summed E-state index contributed by atoms with van der Waals surface area (Å²) >= 11 is 0. The van der Waals surface area contributed by atoms with Crippen LogP contribution in [-0.4, -0.2) is 52.4 Å². The van der Waals surface area contributed by atoms with Gasteiger partial charge in [0.15, 0.2) is 0 Å². The van der Waals surface area contributed by atoms with Crippen molar-refractivity contribution in [3.05, 3.63) is 52.4 Å². The van der Waals surface area contributed by atoms with Gasteiger partial charge in [-0.15, -0.1) is 0 Å². The number of rotatable bonds is 3. The molecular weight excluding hydrogens is 300 g/mol. The summed E-state index contributed by atoms with van der Waals surface area (Å²) in [5, 5.41) is 0.744. The highest BCUT2D eigenvalue weighted by Crippen LogP contribution is 2.20. The van der Waals surface area contributed by atoms with Crippen molar-refractivity contribution in [2.75, 3.05) is 27.2 Å². The van der Waals surface area contributed by atoms with E-state index >= 15 is 0 Å². The van der Waals surface area contributed by atoms with E-state index < -0.39 is 0 Å². The highest BCUT2D eigenvalue weighted by atomic mass is 16.1. The van der Waals surface area contributed by atoms with Crippen LogP contribution in [0.15, 0.2) is 41.2 Å². The maximum Gasteiger partial charge on any atom is 0.258 e. The van der Waals surface area contributed by atoms with Gasteiger partial charge in [-0.3, -0.25) is 14.1 Å². The zero-order chi connectivity index (χ0) is 16.7. The molecule has 0 unspecified atom stereocenters. The van der Waals surface area contributed by atoms with Gasteiger partial charge < -0.3 is 9.88 Å². The monoisotopic (exact) mass is 324 g/mol. The summed E-state index contributed by atoms with van der Waals surface area (Å²) in [5.41, 5.74) is 3.08. The first kappa shape index (κ1) is 15.4. The van der Waals surface area contributed by atoms with Crippen LogP contribution in [0.5, 0.6) is 0 Å². The number of nitrogens with zero attached hydrogens (tertiary/aromatic N) is 3. The molecule has 0 atom stereocenters. The molecule has 1 aliphatic heterocycles. The van der Waals surface area contributed by atoms with E-state index in [1.807, 2.05) is 30.3 Å². The van der Waals surface area contributed by atoms with Crippen LogP contribution in [0, 0.1) is 0 Å². The minimum absolute atomic E-state index is 0.0189. The predicted octanol–water partition coefficient (Wildman–Crippen LogP) is 2.31. The van der Waals surface area contributed by atoms with Gasteiger partial charge >= 0.3 is 0 Å². The molecule has 5 heteroatoms. The third kappa shape index (κ3) is 2.64. The van der Waals surface area contributed by atoms with E-state index in [9.17, 15) is 4.79 Å². The van der Waals surface area contributed by atoms with Gasteiger partial charge in [-0.2, -0.15) is 0 Å². The van der Waals surface area contributed by atoms with Crippen LogP contribution < -0.4 is 5.56 Å². The van der Waals surface area contributed by atoms with Crippen LogP contribution in [0.4, 0.5) is 0 Å². The lowest BCUT2D eigenvalue weighted by molar-refractivity contribution is 0.139. The molecule has 3 aromatic rings. The van der Waals surface area contributed by atoms with Crippen molar-refractivity contribution in [1.29, 1.82) is 0 Å². The fourth-order valence-corrected chi connectivity index (χ4v) is 3.85. The first-order valence-corrected chi connectivity index (χ1v) is 8.63. The molecular formula is C19H24N4O. The van der Waals surface area contributed by atoms with E-state index in [0.29, 0.717) is 6.04 Å². The first-order chi connectivity index (χ1) is 11.6. The number of benzene rings is 1. The van der Waals surface area contributed by atoms with E-state index in [4.69, 9.17) is 0 Å². The molecule has 3 heterocycles. The van der Waals surface area contributed by atoms with Gasteiger partial charge in [0.05, 0.1) is 10.9 Å². The average molecular weight is 324 g/mol. The molecule has 0 saturated carbocycles. The van der Waals surface area contributed by atoms with Crippen molar-refractivity contribution in [2.45, 2.75) is 25.4 Å². The maximum absolute atomic E-state index is 12.2. The average Bonchev–Trinajstić information content (AvgIpc) is 2.98. The summed E-state index contributed by atoms with van der Waals surface area (Å²) in [5.74, 6) is 0. The molecule has 2 aromatic heterocycles. The van der Waals surface area contributed by atoms with Gasteiger partial charge in [-0.05, 0) is 51.2 Å². The molecule has 1 saturated heterocycles. The van der Waals surface area contributed by atoms with E-state index in [1.54, 1.807) is 0 Å². The molecule has 126 valence electrons. The van der Waals surface area contributed by atoms with Gasteiger partial charge in [0, 0.05) is 31.4 Å². The maximum atomic E-state index is 12.2. The second-order valence-electron chi connectivity index (χ2n) is 6.99. The minimum Gasteiger partial charge on any atom is -0.308 e. The van der Waals surface area contributed by atoms with Gasteiger partial charge in [-0.25, -0.2) is 0 Å². The molecule has 4 rings (SSSR count). The number of aromatic nitrogens is 2. The molecule has 0 radical (unpaired) electrons. The van der Waals surface area contributed by atoms with E-state index in [0.717, 1.165) is 36.2 Å². The predicted molar refractivity (Wildman–Crippen MR) is 97.5 cm³/mol. The summed E-state index contributed by atoms with van der Waals surface area (Å²) in [6.45, 7) is 3.17. The summed E-state index contributed by atoms with van der Waals surface area (Å²) in [6, 6.07) is 12.7. The van der Waals surface area contributed by atoms with Gasteiger partial charge in [0.1, 0.15) is 5.65 Å². The normalized spacial score (nSPS) is 17.3. The third-order valence-corrected chi connectivity index (χ3v) is 5.27. The Kier molecular flexibility index (Phi) is 3.90. The standard InChI is InChI=1S/C19H24N4O/c1-21(2)14-9-11-22(12-10-14)13-15-7-8-18-20-19(24)16-5-3-4-6-17(16)23(15)18/h3-8,14H,9-13H2,1-2H3,(H,20,24). The van der Waals surface area contributed by atoms with Crippen molar-refractivity contribution in [2.24, 2.45) is 0 Å². The van der Waals surface area contributed by atoms with Crippen molar-refractivity contribution in [3.8, 4) is 0 Å². The Bertz CT molecular complexity index is 916. The minimum atomic E-state index is -0.0189. The van der Waals surface area contributed by atoms with Crippen LogP contribution in [0.1, 0.15) is 18.5 Å². The molecule has 0 amide bonds. The van der Waals surface area contributed by atoms with Crippen LogP contribution in [0.25, 0.3) is 16.6 Å². The number of nitrogens with one attached hydrogen (secondary N) is 1. The van der Waals surface area contributed by atoms with E-state index in [1.165, 1.54) is 18.5 Å². The van der Waals surface area contributed by atoms with Gasteiger partial charge in [0.2, 0.25) is 0 Å². The lowest BCUT2D eigenvalue weighted by Crippen LogP contribution is -2.41. The van der Waals surface area contributed by atoms with E-state index in [2.05, 4.69) is 39.3 Å². The summed E-state index contributed by atoms with van der Waals surface area (Å²) in [4.78, 5) is 20.1. The number of hydrogen-bond donors (Lipinski definition) is 1. The highest BCUT2D eigenvalue weighted by Gasteiger charge is 2.21. The number of fused-ring (bicyclic) bond motifs is 3. The number of aromatic amines is 1. The number of likely N-dealkylation sites (tertiary alicyclic amines) is 1. The summed E-state index contributed by atoms with van der Waals surface area (Å²) in [6.07, 6.45) is 2.43. The summed E-state index contributed by atoms with van der Waals surface area (Å²) < 4.78 is 2.19. The van der Waals surface area contributed by atoms with Crippen molar-refractivity contribution in [3.63, 3.8) is 0 Å². The molecule has 1 fully saturated rings. The molecule has 5 nitrogen and oxygen atoms in total. The fourth-order valence-electron chi connectivity index (χ4n) is 3.85. The number of piperidine rings is 1. The second kappa shape index (κ2) is 6.07. The molecule has 0 bridgehead atoms.